The summed E-state index contributed by atoms with van der Waals surface area (Å²) in [7, 11) is 2.96. The Kier molecular flexibility index (Phi) is 4.62. The molecule has 1 fully saturated rings. The summed E-state index contributed by atoms with van der Waals surface area (Å²) in [5.74, 6) is -0.345. The summed E-state index contributed by atoms with van der Waals surface area (Å²) >= 11 is 7.00. The number of carbonyl (C=O) groups excluding carboxylic acids is 2. The average molecular weight is 496 g/mol. The van der Waals surface area contributed by atoms with Crippen LogP contribution in [0.1, 0.15) is 11.1 Å². The van der Waals surface area contributed by atoms with Gasteiger partial charge in [0.2, 0.25) is 0 Å². The van der Waals surface area contributed by atoms with Gasteiger partial charge in [0.15, 0.2) is 5.54 Å². The third-order valence-electron chi connectivity index (χ3n) is 4.97. The maximum Gasteiger partial charge on any atom is 0.332 e. The summed E-state index contributed by atoms with van der Waals surface area (Å²) in [5, 5.41) is 0. The third-order valence-corrected chi connectivity index (χ3v) is 5.96. The van der Waals surface area contributed by atoms with E-state index in [0.717, 1.165) is 36.1 Å². The Balaban J connectivity index is 2.08. The molecule has 0 atom stereocenters. The van der Waals surface area contributed by atoms with E-state index in [1.165, 1.54) is 19.1 Å². The molecule has 140 valence electrons. The Morgan fingerprint density at radius 1 is 0.889 bits per heavy atom. The number of ether oxygens (including phenoxy) is 2. The standard InChI is InChI=1S/C19H16Br2N2O4/c1-26-9-22-17(24)19(23(10-27-2)18(22)25)15-7-11(20)3-5-13(15)14-6-4-12(21)8-16(14)19/h3-8H,9-10H2,1-2H3. The molecule has 0 aromatic heterocycles. The quantitative estimate of drug-likeness (QED) is 0.603. The summed E-state index contributed by atoms with van der Waals surface area (Å²) in [6.07, 6.45) is 0. The molecule has 3 amide bonds. The number of rotatable bonds is 4. The molecule has 1 spiro atoms. The first-order valence-corrected chi connectivity index (χ1v) is 9.77. The van der Waals surface area contributed by atoms with Crippen molar-refractivity contribution in [1.29, 1.82) is 0 Å². The van der Waals surface area contributed by atoms with Gasteiger partial charge >= 0.3 is 6.03 Å². The van der Waals surface area contributed by atoms with E-state index in [0.29, 0.717) is 0 Å². The van der Waals surface area contributed by atoms with Gasteiger partial charge in [0, 0.05) is 34.3 Å². The van der Waals surface area contributed by atoms with Crippen LogP contribution in [0.4, 0.5) is 4.79 Å². The van der Waals surface area contributed by atoms with Gasteiger partial charge < -0.3 is 9.47 Å². The van der Waals surface area contributed by atoms with Gasteiger partial charge in [0.1, 0.15) is 13.5 Å². The van der Waals surface area contributed by atoms with Crippen molar-refractivity contribution < 1.29 is 19.1 Å². The van der Waals surface area contributed by atoms with Gasteiger partial charge in [-0.05, 0) is 35.4 Å². The van der Waals surface area contributed by atoms with Gasteiger partial charge in [-0.15, -0.1) is 0 Å². The van der Waals surface area contributed by atoms with E-state index in [-0.39, 0.29) is 19.4 Å². The number of urea groups is 1. The lowest BCUT2D eigenvalue weighted by atomic mass is 9.86. The minimum Gasteiger partial charge on any atom is -0.364 e. The maximum absolute atomic E-state index is 13.7. The van der Waals surface area contributed by atoms with Crippen molar-refractivity contribution >= 4 is 43.8 Å². The summed E-state index contributed by atoms with van der Waals surface area (Å²) in [4.78, 5) is 29.3. The molecule has 0 saturated carbocycles. The molecule has 1 aliphatic heterocycles. The topological polar surface area (TPSA) is 59.1 Å². The predicted molar refractivity (Wildman–Crippen MR) is 106 cm³/mol. The van der Waals surface area contributed by atoms with E-state index in [9.17, 15) is 9.59 Å². The van der Waals surface area contributed by atoms with Gasteiger partial charge in [-0.1, -0.05) is 44.0 Å². The first kappa shape index (κ1) is 18.6. The van der Waals surface area contributed by atoms with Crippen LogP contribution < -0.4 is 0 Å². The highest BCUT2D eigenvalue weighted by Gasteiger charge is 2.63. The van der Waals surface area contributed by atoms with E-state index in [2.05, 4.69) is 31.9 Å². The van der Waals surface area contributed by atoms with Crippen LogP contribution in [0.25, 0.3) is 11.1 Å². The molecule has 0 N–H and O–H groups in total. The minimum absolute atomic E-state index is 0.0251. The third kappa shape index (κ3) is 2.44. The molecule has 1 aliphatic carbocycles. The monoisotopic (exact) mass is 494 g/mol. The van der Waals surface area contributed by atoms with E-state index in [4.69, 9.17) is 9.47 Å². The van der Waals surface area contributed by atoms with Gasteiger partial charge in [-0.3, -0.25) is 9.69 Å². The lowest BCUT2D eigenvalue weighted by molar-refractivity contribution is -0.135. The first-order chi connectivity index (χ1) is 13.0. The fourth-order valence-electron chi connectivity index (χ4n) is 3.98. The van der Waals surface area contributed by atoms with Crippen molar-refractivity contribution in [3.8, 4) is 11.1 Å². The highest BCUT2D eigenvalue weighted by Crippen LogP contribution is 2.55. The van der Waals surface area contributed by atoms with Crippen LogP contribution in [0.3, 0.4) is 0 Å². The highest BCUT2D eigenvalue weighted by molar-refractivity contribution is 9.10. The van der Waals surface area contributed by atoms with Crippen LogP contribution in [0, 0.1) is 0 Å². The van der Waals surface area contributed by atoms with Gasteiger partial charge in [-0.2, -0.15) is 0 Å². The second kappa shape index (κ2) is 6.70. The molecule has 2 aromatic carbocycles. The smallest absolute Gasteiger partial charge is 0.332 e. The fraction of sp³-hybridized carbons (Fsp3) is 0.263. The van der Waals surface area contributed by atoms with Gasteiger partial charge in [0.05, 0.1) is 0 Å². The number of benzene rings is 2. The second-order valence-electron chi connectivity index (χ2n) is 6.37. The molecule has 1 saturated heterocycles. The molecule has 0 bridgehead atoms. The Bertz CT molecular complexity index is 911. The molecule has 1 heterocycles. The van der Waals surface area contributed by atoms with Gasteiger partial charge in [-0.25, -0.2) is 9.69 Å². The zero-order valence-corrected chi connectivity index (χ0v) is 17.8. The van der Waals surface area contributed by atoms with E-state index < -0.39 is 11.6 Å². The molecule has 6 nitrogen and oxygen atoms in total. The van der Waals surface area contributed by atoms with Crippen LogP contribution >= 0.6 is 31.9 Å². The molecule has 0 radical (unpaired) electrons. The number of methoxy groups -OCH3 is 2. The Morgan fingerprint density at radius 2 is 1.41 bits per heavy atom. The normalized spacial score (nSPS) is 17.0. The van der Waals surface area contributed by atoms with E-state index in [1.807, 2.05) is 36.4 Å². The van der Waals surface area contributed by atoms with Crippen LogP contribution in [0.5, 0.6) is 0 Å². The van der Waals surface area contributed by atoms with Crippen molar-refractivity contribution in [2.45, 2.75) is 5.54 Å². The molecule has 4 rings (SSSR count). The SMILES string of the molecule is COCN1C(=O)N(COC)C2(C1=O)c1cc(Br)ccc1-c1ccc(Br)cc12. The summed E-state index contributed by atoms with van der Waals surface area (Å²) in [5.41, 5.74) is 2.05. The molecule has 2 aromatic rings. The van der Waals surface area contributed by atoms with Crippen molar-refractivity contribution in [3.05, 3.63) is 56.5 Å². The van der Waals surface area contributed by atoms with Crippen molar-refractivity contribution in [2.24, 2.45) is 0 Å². The number of amides is 3. The van der Waals surface area contributed by atoms with Gasteiger partial charge in [0.25, 0.3) is 5.91 Å². The lowest BCUT2D eigenvalue weighted by Crippen LogP contribution is -2.47. The largest absolute Gasteiger partial charge is 0.364 e. The summed E-state index contributed by atoms with van der Waals surface area (Å²) < 4.78 is 12.1. The molecule has 8 heteroatoms. The van der Waals surface area contributed by atoms with Crippen LogP contribution in [0.15, 0.2) is 45.3 Å². The number of fused-ring (bicyclic) bond motifs is 5. The molecule has 0 unspecified atom stereocenters. The zero-order valence-electron chi connectivity index (χ0n) is 14.7. The zero-order chi connectivity index (χ0) is 19.3. The molecule has 27 heavy (non-hydrogen) atoms. The first-order valence-electron chi connectivity index (χ1n) is 8.18. The number of nitrogens with zero attached hydrogens (tertiary/aromatic N) is 2. The lowest BCUT2D eigenvalue weighted by Gasteiger charge is -2.33. The number of carbonyl (C=O) groups is 2. The molecule has 2 aliphatic rings. The number of halogens is 2. The van der Waals surface area contributed by atoms with Crippen molar-refractivity contribution in [2.75, 3.05) is 27.7 Å². The van der Waals surface area contributed by atoms with Crippen molar-refractivity contribution in [3.63, 3.8) is 0 Å². The average Bonchev–Trinajstić information content (AvgIpc) is 3.03. The maximum atomic E-state index is 13.7. The Labute approximate surface area is 173 Å². The van der Waals surface area contributed by atoms with E-state index >= 15 is 0 Å². The minimum atomic E-state index is -1.29. The molecular weight excluding hydrogens is 480 g/mol. The second-order valence-corrected chi connectivity index (χ2v) is 8.20. The van der Waals surface area contributed by atoms with Crippen LogP contribution in [0.2, 0.25) is 0 Å². The summed E-state index contributed by atoms with van der Waals surface area (Å²) in [6, 6.07) is 11.1. The van der Waals surface area contributed by atoms with E-state index in [1.54, 1.807) is 0 Å². The highest BCUT2D eigenvalue weighted by atomic mass is 79.9. The number of imide groups is 1. The molecular formula is C19H16Br2N2O4. The van der Waals surface area contributed by atoms with Crippen molar-refractivity contribution in [1.82, 2.24) is 9.80 Å². The number of hydrogen-bond acceptors (Lipinski definition) is 4. The predicted octanol–water partition coefficient (Wildman–Crippen LogP) is 3.91. The Hall–Kier alpha value is -1.74. The summed E-state index contributed by atoms with van der Waals surface area (Å²) in [6.45, 7) is -0.144. The Morgan fingerprint density at radius 3 is 1.89 bits per heavy atom. The fourth-order valence-corrected chi connectivity index (χ4v) is 4.70. The van der Waals surface area contributed by atoms with Crippen LogP contribution in [-0.4, -0.2) is 49.4 Å². The number of hydrogen-bond donors (Lipinski definition) is 0. The van der Waals surface area contributed by atoms with Crippen LogP contribution in [-0.2, 0) is 19.8 Å².